The second-order valence-electron chi connectivity index (χ2n) is 8.00. The van der Waals surface area contributed by atoms with Crippen molar-refractivity contribution in [1.29, 1.82) is 0 Å². The lowest BCUT2D eigenvalue weighted by atomic mass is 9.84. The number of nitrogens with one attached hydrogen (secondary N) is 1. The molecule has 0 bridgehead atoms. The number of amides is 1. The molecule has 3 aliphatic rings. The highest BCUT2D eigenvalue weighted by molar-refractivity contribution is 5.80. The van der Waals surface area contributed by atoms with Crippen LogP contribution in [0.5, 0.6) is 0 Å². The van der Waals surface area contributed by atoms with Crippen molar-refractivity contribution in [2.45, 2.75) is 38.1 Å². The number of alkyl halides is 3. The first kappa shape index (κ1) is 22.5. The zero-order valence-corrected chi connectivity index (χ0v) is 16.5. The van der Waals surface area contributed by atoms with E-state index >= 15 is 0 Å². The fraction of sp³-hybridized carbons (Fsp3) is 0.650. The molecule has 0 aromatic carbocycles. The van der Waals surface area contributed by atoms with Gasteiger partial charge in [-0.1, -0.05) is 6.07 Å². The van der Waals surface area contributed by atoms with Gasteiger partial charge in [-0.05, 0) is 43.4 Å². The van der Waals surface area contributed by atoms with Gasteiger partial charge in [-0.2, -0.15) is 13.2 Å². The highest BCUT2D eigenvalue weighted by Crippen LogP contribution is 2.35. The first-order chi connectivity index (χ1) is 14.2. The Morgan fingerprint density at radius 1 is 1.30 bits per heavy atom. The number of likely N-dealkylation sites (tertiary alicyclic amines) is 1. The number of hydrogen-bond donors (Lipinski definition) is 2. The molecule has 3 fully saturated rings. The molecule has 2 saturated heterocycles. The van der Waals surface area contributed by atoms with E-state index in [1.165, 1.54) is 12.0 Å². The molecule has 166 valence electrons. The van der Waals surface area contributed by atoms with Crippen molar-refractivity contribution >= 4 is 11.9 Å². The number of halogens is 3. The summed E-state index contributed by atoms with van der Waals surface area (Å²) in [5.74, 6) is -1.06. The summed E-state index contributed by atoms with van der Waals surface area (Å²) in [4.78, 5) is 27.4. The predicted octanol–water partition coefficient (Wildman–Crippen LogP) is 2.08. The van der Waals surface area contributed by atoms with Crippen LogP contribution in [0.1, 0.15) is 24.8 Å². The van der Waals surface area contributed by atoms with Crippen molar-refractivity contribution in [3.63, 3.8) is 0 Å². The van der Waals surface area contributed by atoms with Crippen LogP contribution in [0.3, 0.4) is 0 Å². The van der Waals surface area contributed by atoms with Crippen molar-refractivity contribution in [3.8, 4) is 0 Å². The number of piperidine rings is 1. The molecule has 1 aromatic heterocycles. The first-order valence-electron chi connectivity index (χ1n) is 10.0. The summed E-state index contributed by atoms with van der Waals surface area (Å²) >= 11 is 0. The van der Waals surface area contributed by atoms with E-state index in [0.717, 1.165) is 39.1 Å². The number of carbonyl (C=O) groups excluding carboxylic acids is 1. The Bertz CT molecular complexity index is 728. The number of pyridine rings is 1. The number of nitrogens with zero attached hydrogens (tertiary/aromatic N) is 2. The van der Waals surface area contributed by atoms with Gasteiger partial charge in [0.05, 0.1) is 12.7 Å². The minimum Gasteiger partial charge on any atom is -0.475 e. The maximum atomic E-state index is 11.8. The monoisotopic (exact) mass is 429 g/mol. The Balaban J connectivity index is 0.000000318. The van der Waals surface area contributed by atoms with Gasteiger partial charge in [-0.25, -0.2) is 4.79 Å². The zero-order valence-electron chi connectivity index (χ0n) is 16.5. The quantitative estimate of drug-likeness (QED) is 0.745. The van der Waals surface area contributed by atoms with Crippen molar-refractivity contribution in [1.82, 2.24) is 15.2 Å². The molecule has 1 aromatic rings. The van der Waals surface area contributed by atoms with Gasteiger partial charge in [-0.15, -0.1) is 0 Å². The van der Waals surface area contributed by atoms with E-state index in [9.17, 15) is 18.0 Å². The van der Waals surface area contributed by atoms with Crippen LogP contribution in [0, 0.1) is 17.8 Å². The maximum Gasteiger partial charge on any atom is 0.490 e. The molecule has 0 radical (unpaired) electrons. The number of rotatable bonds is 5. The van der Waals surface area contributed by atoms with E-state index in [4.69, 9.17) is 14.6 Å². The van der Waals surface area contributed by atoms with Gasteiger partial charge in [0.15, 0.2) is 0 Å². The highest BCUT2D eigenvalue weighted by Gasteiger charge is 2.41. The van der Waals surface area contributed by atoms with Gasteiger partial charge >= 0.3 is 12.1 Å². The second-order valence-corrected chi connectivity index (χ2v) is 8.00. The minimum atomic E-state index is -5.08. The number of aliphatic carboxylic acids is 1. The summed E-state index contributed by atoms with van der Waals surface area (Å²) < 4.78 is 37.7. The second kappa shape index (κ2) is 9.74. The van der Waals surface area contributed by atoms with Gasteiger partial charge in [-0.3, -0.25) is 14.7 Å². The molecular weight excluding hydrogens is 403 g/mol. The van der Waals surface area contributed by atoms with Gasteiger partial charge in [0, 0.05) is 43.9 Å². The lowest BCUT2D eigenvalue weighted by Gasteiger charge is -2.36. The number of aromatic nitrogens is 1. The zero-order chi connectivity index (χ0) is 21.7. The van der Waals surface area contributed by atoms with E-state index < -0.39 is 12.1 Å². The van der Waals surface area contributed by atoms with Crippen molar-refractivity contribution < 1.29 is 32.6 Å². The molecule has 7 nitrogen and oxygen atoms in total. The number of ether oxygens (including phenoxy) is 1. The molecule has 0 unspecified atom stereocenters. The molecule has 10 heteroatoms. The molecule has 1 saturated carbocycles. The Morgan fingerprint density at radius 3 is 2.63 bits per heavy atom. The van der Waals surface area contributed by atoms with Crippen LogP contribution in [0.2, 0.25) is 0 Å². The van der Waals surface area contributed by atoms with Gasteiger partial charge in [0.1, 0.15) is 0 Å². The highest BCUT2D eigenvalue weighted by atomic mass is 19.4. The summed E-state index contributed by atoms with van der Waals surface area (Å²) in [5.41, 5.74) is 1.27. The fourth-order valence-electron chi connectivity index (χ4n) is 3.89. The van der Waals surface area contributed by atoms with E-state index in [1.807, 2.05) is 18.5 Å². The first-order valence-corrected chi connectivity index (χ1v) is 10.0. The predicted molar refractivity (Wildman–Crippen MR) is 100 cm³/mol. The standard InChI is InChI=1S/C18H25N3O2.C2HF3O2/c22-18(14-3-4-14)20-9-17-16-11-21(7-5-15(16)12-23-17)10-13-2-1-6-19-8-13;3-2(4,5)1(6)7/h1-2,6,8,14-17H,3-5,7,9-12H2,(H,20,22);(H,6,7)/t15-,16-,17+;/m0./s1. The lowest BCUT2D eigenvalue weighted by Crippen LogP contribution is -2.45. The molecule has 3 heterocycles. The summed E-state index contributed by atoms with van der Waals surface area (Å²) in [6, 6.07) is 4.13. The SMILES string of the molecule is O=C(NC[C@H]1OC[C@@H]2CCN(Cc3cccnc3)C[C@@H]21)C1CC1.O=C(O)C(F)(F)F. The van der Waals surface area contributed by atoms with Gasteiger partial charge in [0.2, 0.25) is 5.91 Å². The Hall–Kier alpha value is -2.20. The normalized spacial score (nSPS) is 26.3. The number of hydrogen-bond acceptors (Lipinski definition) is 5. The Morgan fingerprint density at radius 2 is 2.03 bits per heavy atom. The van der Waals surface area contributed by atoms with E-state index in [2.05, 4.69) is 21.3 Å². The molecule has 1 amide bonds. The van der Waals surface area contributed by atoms with Gasteiger partial charge < -0.3 is 15.2 Å². The minimum absolute atomic E-state index is 0.180. The van der Waals surface area contributed by atoms with Crippen LogP contribution in [0.15, 0.2) is 24.5 Å². The fourth-order valence-corrected chi connectivity index (χ4v) is 3.89. The summed E-state index contributed by atoms with van der Waals surface area (Å²) in [6.07, 6.45) is 2.17. The van der Waals surface area contributed by atoms with Crippen molar-refractivity contribution in [2.75, 3.05) is 26.2 Å². The average molecular weight is 429 g/mol. The van der Waals surface area contributed by atoms with E-state index in [1.54, 1.807) is 0 Å². The van der Waals surface area contributed by atoms with Crippen molar-refractivity contribution in [3.05, 3.63) is 30.1 Å². The lowest BCUT2D eigenvalue weighted by molar-refractivity contribution is -0.192. The molecule has 2 N–H and O–H groups in total. The molecule has 1 aliphatic carbocycles. The number of carboxylic acids is 1. The number of carboxylic acid groups (broad SMARTS) is 1. The summed E-state index contributed by atoms with van der Waals surface area (Å²) in [6.45, 7) is 4.68. The molecule has 2 aliphatic heterocycles. The van der Waals surface area contributed by atoms with Crippen LogP contribution in [-0.2, 0) is 20.9 Å². The van der Waals surface area contributed by atoms with E-state index in [-0.39, 0.29) is 17.9 Å². The maximum absolute atomic E-state index is 11.8. The largest absolute Gasteiger partial charge is 0.490 e. The third kappa shape index (κ3) is 6.40. The molecular formula is C20H26F3N3O4. The van der Waals surface area contributed by atoms with Crippen LogP contribution in [0.4, 0.5) is 13.2 Å². The molecule has 4 rings (SSSR count). The van der Waals surface area contributed by atoms with Crippen LogP contribution >= 0.6 is 0 Å². The summed E-state index contributed by atoms with van der Waals surface area (Å²) in [7, 11) is 0. The smallest absolute Gasteiger partial charge is 0.475 e. The Kier molecular flexibility index (Phi) is 7.30. The number of carbonyl (C=O) groups is 2. The van der Waals surface area contributed by atoms with Crippen molar-refractivity contribution in [2.24, 2.45) is 17.8 Å². The topological polar surface area (TPSA) is 91.8 Å². The molecule has 30 heavy (non-hydrogen) atoms. The summed E-state index contributed by atoms with van der Waals surface area (Å²) in [5, 5.41) is 10.2. The third-order valence-electron chi connectivity index (χ3n) is 5.69. The average Bonchev–Trinajstić information content (AvgIpc) is 3.48. The van der Waals surface area contributed by atoms with Crippen LogP contribution in [-0.4, -0.2) is 65.4 Å². The molecule has 3 atom stereocenters. The van der Waals surface area contributed by atoms with Gasteiger partial charge in [0.25, 0.3) is 0 Å². The Labute approximate surface area is 172 Å². The third-order valence-corrected chi connectivity index (χ3v) is 5.69. The van der Waals surface area contributed by atoms with Crippen LogP contribution < -0.4 is 5.32 Å². The van der Waals surface area contributed by atoms with Crippen LogP contribution in [0.25, 0.3) is 0 Å². The number of fused-ring (bicyclic) bond motifs is 1. The molecule has 0 spiro atoms. The van der Waals surface area contributed by atoms with E-state index in [0.29, 0.717) is 18.4 Å².